The van der Waals surface area contributed by atoms with Crippen LogP contribution in [-0.2, 0) is 4.79 Å². The molecule has 0 aliphatic carbocycles. The number of unbranched alkanes of at least 4 members (excludes halogenated alkanes) is 2. The number of carbonyl (C=O) groups is 2. The van der Waals surface area contributed by atoms with Crippen molar-refractivity contribution in [2.24, 2.45) is 5.73 Å². The van der Waals surface area contributed by atoms with E-state index in [1.54, 1.807) is 6.07 Å². The molecule has 2 rings (SSSR count). The average molecular weight is 416 g/mol. The zero-order chi connectivity index (χ0) is 21.4. The van der Waals surface area contributed by atoms with Crippen molar-refractivity contribution in [3.63, 3.8) is 0 Å². The number of carbonyl (C=O) groups excluding carboxylic acids is 2. The van der Waals surface area contributed by atoms with Crippen molar-refractivity contribution in [1.82, 2.24) is 15.3 Å². The van der Waals surface area contributed by atoms with Gasteiger partial charge in [-0.25, -0.2) is 9.97 Å². The molecule has 1 aromatic heterocycles. The van der Waals surface area contributed by atoms with Gasteiger partial charge in [0.15, 0.2) is 0 Å². The summed E-state index contributed by atoms with van der Waals surface area (Å²) in [6.45, 7) is 6.64. The Hall–Kier alpha value is -2.61. The van der Waals surface area contributed by atoms with Gasteiger partial charge in [-0.05, 0) is 43.5 Å². The lowest BCUT2D eigenvalue weighted by atomic mass is 9.97. The Morgan fingerprint density at radius 3 is 2.55 bits per heavy atom. The predicted molar refractivity (Wildman–Crippen MR) is 118 cm³/mol. The largest absolute Gasteiger partial charge is 0.368 e. The Balaban J connectivity index is 2.08. The molecular formula is C21H29N5O2S. The highest BCUT2D eigenvalue weighted by Gasteiger charge is 2.13. The molecule has 0 radical (unpaired) electrons. The topological polar surface area (TPSA) is 124 Å². The maximum atomic E-state index is 11.9. The fourth-order valence-corrected chi connectivity index (χ4v) is 3.84. The van der Waals surface area contributed by atoms with E-state index in [2.05, 4.69) is 22.2 Å². The number of primary amides is 1. The third kappa shape index (κ3) is 6.74. The fraction of sp³-hybridized carbons (Fsp3) is 0.429. The summed E-state index contributed by atoms with van der Waals surface area (Å²) in [5, 5.41) is 3.62. The molecule has 0 fully saturated rings. The van der Waals surface area contributed by atoms with Crippen molar-refractivity contribution in [2.45, 2.75) is 51.5 Å². The maximum absolute atomic E-state index is 11.9. The zero-order valence-corrected chi connectivity index (χ0v) is 18.1. The van der Waals surface area contributed by atoms with Gasteiger partial charge in [-0.15, -0.1) is 11.8 Å². The van der Waals surface area contributed by atoms with Crippen LogP contribution >= 0.6 is 11.8 Å². The molecule has 2 aromatic rings. The number of amides is 2. The summed E-state index contributed by atoms with van der Waals surface area (Å²) in [4.78, 5) is 32.2. The normalized spacial score (nSPS) is 10.7. The van der Waals surface area contributed by atoms with E-state index in [4.69, 9.17) is 11.5 Å². The molecule has 1 aromatic carbocycles. The van der Waals surface area contributed by atoms with Crippen LogP contribution < -0.4 is 16.8 Å². The molecule has 0 unspecified atom stereocenters. The van der Waals surface area contributed by atoms with E-state index in [9.17, 15) is 9.59 Å². The summed E-state index contributed by atoms with van der Waals surface area (Å²) in [7, 11) is 0. The van der Waals surface area contributed by atoms with E-state index in [1.165, 1.54) is 11.8 Å². The van der Waals surface area contributed by atoms with Crippen LogP contribution in [-0.4, -0.2) is 34.1 Å². The highest BCUT2D eigenvalue weighted by atomic mass is 32.2. The van der Waals surface area contributed by atoms with Crippen molar-refractivity contribution in [3.8, 4) is 11.3 Å². The Kier molecular flexibility index (Phi) is 8.45. The Morgan fingerprint density at radius 2 is 1.86 bits per heavy atom. The van der Waals surface area contributed by atoms with Crippen molar-refractivity contribution < 1.29 is 9.59 Å². The standard InChI is InChI=1S/C21H29N5O2S/c1-4-5-6-8-24-18(27)7-9-29-19-12-17(25-21(23)26-19)15-11-16(20(22)28)14(3)10-13(15)2/h10-12H,4-9H2,1-3H3,(H2,22,28)(H,24,27)(H2,23,25,26). The van der Waals surface area contributed by atoms with Crippen molar-refractivity contribution in [3.05, 3.63) is 34.9 Å². The van der Waals surface area contributed by atoms with Crippen LogP contribution in [0.2, 0.25) is 0 Å². The third-order valence-electron chi connectivity index (χ3n) is 4.51. The first kappa shape index (κ1) is 22.7. The first-order valence-corrected chi connectivity index (χ1v) is 10.8. The predicted octanol–water partition coefficient (Wildman–Crippen LogP) is 3.23. The number of nitrogen functional groups attached to an aromatic ring is 1. The number of thioether (sulfide) groups is 1. The molecule has 156 valence electrons. The number of hydrogen-bond donors (Lipinski definition) is 3. The average Bonchev–Trinajstić information content (AvgIpc) is 2.64. The summed E-state index contributed by atoms with van der Waals surface area (Å²) >= 11 is 1.45. The quantitative estimate of drug-likeness (QED) is 0.311. The highest BCUT2D eigenvalue weighted by molar-refractivity contribution is 7.99. The van der Waals surface area contributed by atoms with Gasteiger partial charge in [0.1, 0.15) is 5.03 Å². The first-order chi connectivity index (χ1) is 13.8. The molecule has 0 aliphatic rings. The van der Waals surface area contributed by atoms with Gasteiger partial charge in [0.2, 0.25) is 17.8 Å². The zero-order valence-electron chi connectivity index (χ0n) is 17.2. The van der Waals surface area contributed by atoms with Crippen LogP contribution in [0.25, 0.3) is 11.3 Å². The van der Waals surface area contributed by atoms with E-state index in [0.29, 0.717) is 28.5 Å². The van der Waals surface area contributed by atoms with E-state index in [0.717, 1.165) is 42.5 Å². The number of nitrogens with one attached hydrogen (secondary N) is 1. The second-order valence-electron chi connectivity index (χ2n) is 6.95. The Morgan fingerprint density at radius 1 is 1.10 bits per heavy atom. The van der Waals surface area contributed by atoms with Crippen LogP contribution in [0.15, 0.2) is 23.2 Å². The molecule has 7 nitrogen and oxygen atoms in total. The Labute approximate surface area is 176 Å². The van der Waals surface area contributed by atoms with Crippen molar-refractivity contribution in [2.75, 3.05) is 18.0 Å². The van der Waals surface area contributed by atoms with Gasteiger partial charge >= 0.3 is 0 Å². The second kappa shape index (κ2) is 10.8. The van der Waals surface area contributed by atoms with Gasteiger partial charge in [0.25, 0.3) is 0 Å². The van der Waals surface area contributed by atoms with Gasteiger partial charge in [-0.3, -0.25) is 9.59 Å². The molecule has 29 heavy (non-hydrogen) atoms. The molecule has 8 heteroatoms. The highest BCUT2D eigenvalue weighted by Crippen LogP contribution is 2.28. The molecular weight excluding hydrogens is 386 g/mol. The molecule has 0 bridgehead atoms. The number of rotatable bonds is 10. The van der Waals surface area contributed by atoms with E-state index >= 15 is 0 Å². The lowest BCUT2D eigenvalue weighted by Crippen LogP contribution is -2.24. The molecule has 2 amide bonds. The molecule has 0 saturated carbocycles. The van der Waals surface area contributed by atoms with Crippen LogP contribution in [0.5, 0.6) is 0 Å². The van der Waals surface area contributed by atoms with Gasteiger partial charge in [-0.1, -0.05) is 25.8 Å². The Bertz CT molecular complexity index is 886. The summed E-state index contributed by atoms with van der Waals surface area (Å²) < 4.78 is 0. The number of anilines is 1. The maximum Gasteiger partial charge on any atom is 0.248 e. The summed E-state index contributed by atoms with van der Waals surface area (Å²) in [6, 6.07) is 5.47. The minimum absolute atomic E-state index is 0.0383. The van der Waals surface area contributed by atoms with Gasteiger partial charge in [0.05, 0.1) is 5.69 Å². The summed E-state index contributed by atoms with van der Waals surface area (Å²) in [5.74, 6) is 0.297. The van der Waals surface area contributed by atoms with Crippen LogP contribution in [0.4, 0.5) is 5.95 Å². The number of benzene rings is 1. The number of nitrogens with two attached hydrogens (primary N) is 2. The summed E-state index contributed by atoms with van der Waals surface area (Å²) in [5.41, 5.74) is 15.0. The molecule has 0 saturated heterocycles. The lowest BCUT2D eigenvalue weighted by Gasteiger charge is -2.11. The molecule has 0 aliphatic heterocycles. The van der Waals surface area contributed by atoms with E-state index in [1.807, 2.05) is 26.0 Å². The van der Waals surface area contributed by atoms with Gasteiger partial charge in [-0.2, -0.15) is 0 Å². The number of hydrogen-bond acceptors (Lipinski definition) is 6. The minimum Gasteiger partial charge on any atom is -0.368 e. The van der Waals surface area contributed by atoms with Crippen molar-refractivity contribution in [1.29, 1.82) is 0 Å². The fourth-order valence-electron chi connectivity index (χ4n) is 2.99. The first-order valence-electron chi connectivity index (χ1n) is 9.77. The van der Waals surface area contributed by atoms with Gasteiger partial charge in [0, 0.05) is 29.8 Å². The van der Waals surface area contributed by atoms with Crippen LogP contribution in [0.1, 0.15) is 54.1 Å². The molecule has 5 N–H and O–H groups in total. The smallest absolute Gasteiger partial charge is 0.248 e. The minimum atomic E-state index is -0.481. The van der Waals surface area contributed by atoms with Crippen LogP contribution in [0, 0.1) is 13.8 Å². The van der Waals surface area contributed by atoms with Crippen molar-refractivity contribution >= 4 is 29.5 Å². The number of aryl methyl sites for hydroxylation is 2. The summed E-state index contributed by atoms with van der Waals surface area (Å²) in [6.07, 6.45) is 3.66. The third-order valence-corrected chi connectivity index (χ3v) is 5.43. The number of aromatic nitrogens is 2. The SMILES string of the molecule is CCCCCNC(=O)CCSc1cc(-c2cc(C(N)=O)c(C)cc2C)nc(N)n1. The van der Waals surface area contributed by atoms with Crippen LogP contribution in [0.3, 0.4) is 0 Å². The van der Waals surface area contributed by atoms with E-state index < -0.39 is 5.91 Å². The lowest BCUT2D eigenvalue weighted by molar-refractivity contribution is -0.120. The molecule has 1 heterocycles. The second-order valence-corrected chi connectivity index (χ2v) is 8.07. The number of nitrogens with zero attached hydrogens (tertiary/aromatic N) is 2. The monoisotopic (exact) mass is 415 g/mol. The van der Waals surface area contributed by atoms with E-state index in [-0.39, 0.29) is 11.9 Å². The van der Waals surface area contributed by atoms with Gasteiger partial charge < -0.3 is 16.8 Å². The molecule has 0 spiro atoms. The molecule has 0 atom stereocenters.